The van der Waals surface area contributed by atoms with Crippen LogP contribution in [0.4, 0.5) is 0 Å². The van der Waals surface area contributed by atoms with Crippen LogP contribution >= 0.6 is 0 Å². The van der Waals surface area contributed by atoms with Gasteiger partial charge in [0, 0.05) is 32.8 Å². The number of imidazole rings is 1. The minimum atomic E-state index is 0.986. The van der Waals surface area contributed by atoms with E-state index in [0.29, 0.717) is 0 Å². The van der Waals surface area contributed by atoms with Crippen LogP contribution in [0, 0.1) is 0 Å². The smallest absolute Gasteiger partial charge is 0.145 e. The van der Waals surface area contributed by atoms with Gasteiger partial charge in [-0.05, 0) is 52.9 Å². The van der Waals surface area contributed by atoms with Crippen molar-refractivity contribution in [1.82, 2.24) is 14.0 Å². The van der Waals surface area contributed by atoms with Gasteiger partial charge in [-0.2, -0.15) is 0 Å². The Hall–Kier alpha value is -5.67. The van der Waals surface area contributed by atoms with E-state index in [4.69, 9.17) is 4.98 Å². The van der Waals surface area contributed by atoms with Gasteiger partial charge in [0.1, 0.15) is 5.65 Å². The molecule has 42 heavy (non-hydrogen) atoms. The topological polar surface area (TPSA) is 22.2 Å². The van der Waals surface area contributed by atoms with Gasteiger partial charge in [-0.25, -0.2) is 4.98 Å². The van der Waals surface area contributed by atoms with Crippen LogP contribution in [0.2, 0.25) is 0 Å². The van der Waals surface area contributed by atoms with Crippen LogP contribution < -0.4 is 0 Å². The highest BCUT2D eigenvalue weighted by atomic mass is 15.0. The number of pyridine rings is 1. The molecule has 0 bridgehead atoms. The fourth-order valence-corrected chi connectivity index (χ4v) is 6.64. The first-order valence-corrected chi connectivity index (χ1v) is 14.3. The van der Waals surface area contributed by atoms with Crippen molar-refractivity contribution in [1.29, 1.82) is 0 Å². The first-order chi connectivity index (χ1) is 20.8. The molecule has 3 aromatic heterocycles. The molecule has 0 amide bonds. The van der Waals surface area contributed by atoms with Crippen molar-refractivity contribution in [2.75, 3.05) is 0 Å². The Bertz CT molecular complexity index is 2450. The molecular weight excluding hydrogens is 510 g/mol. The van der Waals surface area contributed by atoms with Crippen LogP contribution in [0.3, 0.4) is 0 Å². The molecule has 0 radical (unpaired) electrons. The van der Waals surface area contributed by atoms with Crippen molar-refractivity contribution in [2.45, 2.75) is 0 Å². The minimum absolute atomic E-state index is 0.986. The maximum absolute atomic E-state index is 4.92. The molecule has 9 rings (SSSR count). The molecule has 0 fully saturated rings. The molecule has 0 atom stereocenters. The molecular formula is C39H25N3. The van der Waals surface area contributed by atoms with E-state index in [-0.39, 0.29) is 0 Å². The number of fused-ring (bicyclic) bond motifs is 9. The molecule has 0 N–H and O–H groups in total. The first-order valence-electron chi connectivity index (χ1n) is 14.3. The molecule has 0 saturated heterocycles. The van der Waals surface area contributed by atoms with Gasteiger partial charge in [-0.1, -0.05) is 109 Å². The van der Waals surface area contributed by atoms with E-state index in [0.717, 1.165) is 22.6 Å². The summed E-state index contributed by atoms with van der Waals surface area (Å²) in [6.45, 7) is 0. The second-order valence-corrected chi connectivity index (χ2v) is 10.9. The van der Waals surface area contributed by atoms with Gasteiger partial charge < -0.3 is 4.57 Å². The summed E-state index contributed by atoms with van der Waals surface area (Å²) in [7, 11) is 0. The summed E-state index contributed by atoms with van der Waals surface area (Å²) in [5.74, 6) is 0. The van der Waals surface area contributed by atoms with Crippen LogP contribution in [0.25, 0.3) is 77.2 Å². The Morgan fingerprint density at radius 1 is 0.405 bits per heavy atom. The van der Waals surface area contributed by atoms with Gasteiger partial charge in [0.15, 0.2) is 0 Å². The van der Waals surface area contributed by atoms with E-state index in [9.17, 15) is 0 Å². The number of aromatic nitrogens is 3. The molecule has 3 nitrogen and oxygen atoms in total. The van der Waals surface area contributed by atoms with Crippen LogP contribution in [0.1, 0.15) is 0 Å². The van der Waals surface area contributed by atoms with Crippen LogP contribution in [-0.4, -0.2) is 14.0 Å². The van der Waals surface area contributed by atoms with Gasteiger partial charge in [0.25, 0.3) is 0 Å². The molecule has 9 aromatic rings. The Labute approximate surface area is 242 Å². The van der Waals surface area contributed by atoms with Crippen molar-refractivity contribution >= 4 is 49.1 Å². The predicted molar refractivity (Wildman–Crippen MR) is 175 cm³/mol. The number of para-hydroxylation sites is 2. The molecule has 3 heteroatoms. The monoisotopic (exact) mass is 535 g/mol. The Kier molecular flexibility index (Phi) is 4.90. The third kappa shape index (κ3) is 3.31. The van der Waals surface area contributed by atoms with E-state index in [1.54, 1.807) is 0 Å². The van der Waals surface area contributed by atoms with Gasteiger partial charge >= 0.3 is 0 Å². The van der Waals surface area contributed by atoms with Crippen LogP contribution in [0.5, 0.6) is 0 Å². The first kappa shape index (κ1) is 23.1. The molecule has 3 heterocycles. The lowest BCUT2D eigenvalue weighted by Gasteiger charge is -2.12. The van der Waals surface area contributed by atoms with E-state index >= 15 is 0 Å². The van der Waals surface area contributed by atoms with Crippen molar-refractivity contribution in [3.05, 3.63) is 152 Å². The Morgan fingerprint density at radius 2 is 1.00 bits per heavy atom. The molecule has 0 unspecified atom stereocenters. The number of hydrogen-bond donors (Lipinski definition) is 0. The fourth-order valence-electron chi connectivity index (χ4n) is 6.64. The average molecular weight is 536 g/mol. The molecule has 6 aromatic carbocycles. The van der Waals surface area contributed by atoms with Gasteiger partial charge in [0.05, 0.1) is 28.4 Å². The highest BCUT2D eigenvalue weighted by Crippen LogP contribution is 2.36. The maximum Gasteiger partial charge on any atom is 0.145 e. The third-order valence-electron chi connectivity index (χ3n) is 8.57. The lowest BCUT2D eigenvalue weighted by molar-refractivity contribution is 1.18. The maximum atomic E-state index is 4.92. The van der Waals surface area contributed by atoms with E-state index in [1.807, 2.05) is 6.20 Å². The average Bonchev–Trinajstić information content (AvgIpc) is 3.66. The molecule has 196 valence electrons. The zero-order valence-corrected chi connectivity index (χ0v) is 22.8. The molecule has 0 saturated carbocycles. The third-order valence-corrected chi connectivity index (χ3v) is 8.57. The Balaban J connectivity index is 1.22. The summed E-state index contributed by atoms with van der Waals surface area (Å²) in [6, 6.07) is 52.2. The highest BCUT2D eigenvalue weighted by Gasteiger charge is 2.16. The second-order valence-electron chi connectivity index (χ2n) is 10.9. The minimum Gasteiger partial charge on any atom is -0.309 e. The Morgan fingerprint density at radius 3 is 1.79 bits per heavy atom. The zero-order valence-electron chi connectivity index (χ0n) is 22.8. The number of benzene rings is 6. The molecule has 0 aliphatic carbocycles. The van der Waals surface area contributed by atoms with Crippen molar-refractivity contribution in [3.63, 3.8) is 0 Å². The summed E-state index contributed by atoms with van der Waals surface area (Å²) in [5, 5.41) is 6.15. The van der Waals surface area contributed by atoms with Gasteiger partial charge in [-0.3, -0.25) is 4.40 Å². The normalized spacial score (nSPS) is 11.8. The summed E-state index contributed by atoms with van der Waals surface area (Å²) in [6.07, 6.45) is 2.01. The number of nitrogens with zero attached hydrogens (tertiary/aromatic N) is 3. The van der Waals surface area contributed by atoms with Crippen molar-refractivity contribution in [2.24, 2.45) is 0 Å². The summed E-state index contributed by atoms with van der Waals surface area (Å²) >= 11 is 0. The second kappa shape index (κ2) is 8.92. The van der Waals surface area contributed by atoms with E-state index in [1.165, 1.54) is 54.6 Å². The molecule has 0 aliphatic heterocycles. The quantitative estimate of drug-likeness (QED) is 0.206. The summed E-state index contributed by atoms with van der Waals surface area (Å²) in [4.78, 5) is 4.92. The summed E-state index contributed by atoms with van der Waals surface area (Å²) < 4.78 is 4.68. The van der Waals surface area contributed by atoms with Crippen molar-refractivity contribution < 1.29 is 0 Å². The molecule has 0 aliphatic rings. The highest BCUT2D eigenvalue weighted by molar-refractivity contribution is 6.12. The summed E-state index contributed by atoms with van der Waals surface area (Å²) in [5.41, 5.74) is 10.4. The standard InChI is InChI=1S/C39H25N3/c1-2-10-26(11-3-1)28-20-23-37-34(24-28)32-14-7-8-16-35(32)41(37)29-21-18-27(19-22-29)38-25-40-39-33-15-5-4-12-30(33)31-13-6-9-17-36(31)42(38)39/h1-25H. The predicted octanol–water partition coefficient (Wildman–Crippen LogP) is 10.1. The SMILES string of the molecule is c1ccc(-c2ccc3c(c2)c2ccccc2n3-c2ccc(-c3cnc4c5ccccc5c5ccccc5n34)cc2)cc1. The van der Waals surface area contributed by atoms with Crippen LogP contribution in [-0.2, 0) is 0 Å². The van der Waals surface area contributed by atoms with Crippen molar-refractivity contribution in [3.8, 4) is 28.1 Å². The van der Waals surface area contributed by atoms with Gasteiger partial charge in [0.2, 0.25) is 0 Å². The van der Waals surface area contributed by atoms with Crippen LogP contribution in [0.15, 0.2) is 152 Å². The zero-order chi connectivity index (χ0) is 27.6. The van der Waals surface area contributed by atoms with Gasteiger partial charge in [-0.15, -0.1) is 0 Å². The van der Waals surface area contributed by atoms with E-state index in [2.05, 4.69) is 155 Å². The fraction of sp³-hybridized carbons (Fsp3) is 0. The number of hydrogen-bond acceptors (Lipinski definition) is 1. The lowest BCUT2D eigenvalue weighted by Crippen LogP contribution is -1.95. The largest absolute Gasteiger partial charge is 0.309 e. The number of rotatable bonds is 3. The molecule has 0 spiro atoms. The van der Waals surface area contributed by atoms with E-state index < -0.39 is 0 Å². The lowest BCUT2D eigenvalue weighted by atomic mass is 10.0.